The van der Waals surface area contributed by atoms with Gasteiger partial charge in [0.25, 0.3) is 0 Å². The Morgan fingerprint density at radius 3 is 2.32 bits per heavy atom. The first kappa shape index (κ1) is 14.5. The van der Waals surface area contributed by atoms with Crippen LogP contribution in [0.3, 0.4) is 0 Å². The van der Waals surface area contributed by atoms with E-state index in [0.717, 1.165) is 28.3 Å². The lowest BCUT2D eigenvalue weighted by molar-refractivity contribution is 0.355. The number of aromatic amines is 1. The van der Waals surface area contributed by atoms with Gasteiger partial charge >= 0.3 is 0 Å². The fraction of sp³-hybridized carbons (Fsp3) is 0.263. The molecule has 3 aromatic rings. The summed E-state index contributed by atoms with van der Waals surface area (Å²) in [6.07, 6.45) is 0. The second kappa shape index (κ2) is 5.76. The lowest BCUT2D eigenvalue weighted by Gasteiger charge is -2.12. The van der Waals surface area contributed by atoms with E-state index in [4.69, 9.17) is 9.47 Å². The minimum atomic E-state index is 0.430. The summed E-state index contributed by atoms with van der Waals surface area (Å²) in [5.74, 6) is 1.92. The van der Waals surface area contributed by atoms with Crippen molar-refractivity contribution in [1.29, 1.82) is 0 Å². The zero-order valence-corrected chi connectivity index (χ0v) is 13.4. The van der Waals surface area contributed by atoms with Crippen LogP contribution in [0.1, 0.15) is 25.3 Å². The maximum Gasteiger partial charge on any atom is 0.161 e. The van der Waals surface area contributed by atoms with Gasteiger partial charge < -0.3 is 14.5 Å². The minimum absolute atomic E-state index is 0.430. The lowest BCUT2D eigenvalue weighted by Crippen LogP contribution is -1.93. The molecule has 1 N–H and O–H groups in total. The Labute approximate surface area is 130 Å². The summed E-state index contributed by atoms with van der Waals surface area (Å²) < 4.78 is 10.8. The molecule has 1 aromatic heterocycles. The first-order chi connectivity index (χ1) is 10.7. The summed E-state index contributed by atoms with van der Waals surface area (Å²) in [5, 5.41) is 1.28. The van der Waals surface area contributed by atoms with Crippen molar-refractivity contribution >= 4 is 10.9 Å². The Hall–Kier alpha value is -2.42. The van der Waals surface area contributed by atoms with Crippen LogP contribution in [0.25, 0.3) is 22.2 Å². The predicted octanol–water partition coefficient (Wildman–Crippen LogP) is 4.98. The minimum Gasteiger partial charge on any atom is -0.493 e. The van der Waals surface area contributed by atoms with Crippen LogP contribution < -0.4 is 9.47 Å². The van der Waals surface area contributed by atoms with Crippen molar-refractivity contribution in [3.05, 3.63) is 48.0 Å². The van der Waals surface area contributed by atoms with Gasteiger partial charge in [-0.1, -0.05) is 32.0 Å². The van der Waals surface area contributed by atoms with Crippen LogP contribution >= 0.6 is 0 Å². The van der Waals surface area contributed by atoms with Gasteiger partial charge in [0.2, 0.25) is 0 Å². The van der Waals surface area contributed by atoms with Crippen LogP contribution in [0.2, 0.25) is 0 Å². The standard InChI is InChI=1S/C19H21NO2/c1-12(2)18-14-7-5-6-8-15(14)20-19(18)13-9-10-16(21-3)17(11-13)22-4/h5-12,20H,1-4H3. The molecule has 0 aliphatic rings. The van der Waals surface area contributed by atoms with Crippen molar-refractivity contribution in [3.8, 4) is 22.8 Å². The number of ether oxygens (including phenoxy) is 2. The topological polar surface area (TPSA) is 34.2 Å². The first-order valence-electron chi connectivity index (χ1n) is 7.48. The summed E-state index contributed by atoms with van der Waals surface area (Å²) >= 11 is 0. The van der Waals surface area contributed by atoms with Crippen LogP contribution in [0.5, 0.6) is 11.5 Å². The van der Waals surface area contributed by atoms with Gasteiger partial charge in [-0.2, -0.15) is 0 Å². The Morgan fingerprint density at radius 1 is 0.909 bits per heavy atom. The van der Waals surface area contributed by atoms with Crippen molar-refractivity contribution in [2.75, 3.05) is 14.2 Å². The summed E-state index contributed by atoms with van der Waals surface area (Å²) in [4.78, 5) is 3.55. The van der Waals surface area contributed by atoms with Gasteiger partial charge in [-0.05, 0) is 35.7 Å². The molecule has 0 unspecified atom stereocenters. The SMILES string of the molecule is COc1ccc(-c2[nH]c3ccccc3c2C(C)C)cc1OC. The normalized spacial score (nSPS) is 11.1. The van der Waals surface area contributed by atoms with Crippen LogP contribution in [-0.4, -0.2) is 19.2 Å². The molecule has 3 heteroatoms. The number of fused-ring (bicyclic) bond motifs is 1. The summed E-state index contributed by atoms with van der Waals surface area (Å²) in [6.45, 7) is 4.44. The van der Waals surface area contributed by atoms with Crippen molar-refractivity contribution in [1.82, 2.24) is 4.98 Å². The summed E-state index contributed by atoms with van der Waals surface area (Å²) in [7, 11) is 3.32. The van der Waals surface area contributed by atoms with Crippen LogP contribution in [0.4, 0.5) is 0 Å². The molecular weight excluding hydrogens is 274 g/mol. The fourth-order valence-electron chi connectivity index (χ4n) is 2.98. The number of hydrogen-bond donors (Lipinski definition) is 1. The van der Waals surface area contributed by atoms with Gasteiger partial charge in [0.1, 0.15) is 0 Å². The van der Waals surface area contributed by atoms with E-state index in [1.54, 1.807) is 14.2 Å². The average Bonchev–Trinajstić information content (AvgIpc) is 2.93. The van der Waals surface area contributed by atoms with Crippen LogP contribution in [-0.2, 0) is 0 Å². The molecule has 0 atom stereocenters. The van der Waals surface area contributed by atoms with Gasteiger partial charge in [0.05, 0.1) is 19.9 Å². The molecule has 0 amide bonds. The van der Waals surface area contributed by atoms with E-state index in [0.29, 0.717) is 5.92 Å². The second-order valence-electron chi connectivity index (χ2n) is 5.68. The third-order valence-corrected chi connectivity index (χ3v) is 4.00. The number of benzene rings is 2. The third-order valence-electron chi connectivity index (χ3n) is 4.00. The van der Waals surface area contributed by atoms with Gasteiger partial charge in [0.15, 0.2) is 11.5 Å². The number of methoxy groups -OCH3 is 2. The molecule has 0 saturated heterocycles. The molecule has 22 heavy (non-hydrogen) atoms. The van der Waals surface area contributed by atoms with Crippen molar-refractivity contribution in [2.45, 2.75) is 19.8 Å². The monoisotopic (exact) mass is 295 g/mol. The van der Waals surface area contributed by atoms with E-state index in [1.807, 2.05) is 12.1 Å². The second-order valence-corrected chi connectivity index (χ2v) is 5.68. The lowest BCUT2D eigenvalue weighted by atomic mass is 9.96. The van der Waals surface area contributed by atoms with E-state index in [1.165, 1.54) is 10.9 Å². The molecule has 0 aliphatic heterocycles. The molecule has 114 valence electrons. The highest BCUT2D eigenvalue weighted by Crippen LogP contribution is 2.38. The molecule has 3 rings (SSSR count). The number of H-pyrrole nitrogens is 1. The summed E-state index contributed by atoms with van der Waals surface area (Å²) in [5.41, 5.74) is 4.76. The smallest absolute Gasteiger partial charge is 0.161 e. The van der Waals surface area contributed by atoms with Gasteiger partial charge in [-0.15, -0.1) is 0 Å². The molecule has 0 saturated carbocycles. The van der Waals surface area contributed by atoms with E-state index >= 15 is 0 Å². The maximum absolute atomic E-state index is 5.43. The maximum atomic E-state index is 5.43. The van der Waals surface area contributed by atoms with Crippen molar-refractivity contribution in [3.63, 3.8) is 0 Å². The zero-order valence-electron chi connectivity index (χ0n) is 13.4. The number of rotatable bonds is 4. The zero-order chi connectivity index (χ0) is 15.7. The first-order valence-corrected chi connectivity index (χ1v) is 7.48. The van der Waals surface area contributed by atoms with Crippen molar-refractivity contribution in [2.24, 2.45) is 0 Å². The highest BCUT2D eigenvalue weighted by atomic mass is 16.5. The Kier molecular flexibility index (Phi) is 3.80. The molecule has 0 spiro atoms. The quantitative estimate of drug-likeness (QED) is 0.737. The molecule has 1 heterocycles. The molecule has 0 fully saturated rings. The highest BCUT2D eigenvalue weighted by Gasteiger charge is 2.17. The number of nitrogens with one attached hydrogen (secondary N) is 1. The van der Waals surface area contributed by atoms with Crippen molar-refractivity contribution < 1.29 is 9.47 Å². The van der Waals surface area contributed by atoms with Gasteiger partial charge in [-0.3, -0.25) is 0 Å². The summed E-state index contributed by atoms with van der Waals surface area (Å²) in [6, 6.07) is 14.5. The van der Waals surface area contributed by atoms with E-state index in [-0.39, 0.29) is 0 Å². The molecule has 0 aliphatic carbocycles. The Morgan fingerprint density at radius 2 is 1.64 bits per heavy atom. The third kappa shape index (κ3) is 2.33. The number of hydrogen-bond acceptors (Lipinski definition) is 2. The molecule has 3 nitrogen and oxygen atoms in total. The molecule has 0 bridgehead atoms. The van der Waals surface area contributed by atoms with E-state index < -0.39 is 0 Å². The predicted molar refractivity (Wildman–Crippen MR) is 90.9 cm³/mol. The van der Waals surface area contributed by atoms with Gasteiger partial charge in [0, 0.05) is 16.5 Å². The molecular formula is C19H21NO2. The Bertz CT molecular complexity index is 802. The van der Waals surface area contributed by atoms with Crippen LogP contribution in [0, 0.1) is 0 Å². The average molecular weight is 295 g/mol. The number of aromatic nitrogens is 1. The largest absolute Gasteiger partial charge is 0.493 e. The number of para-hydroxylation sites is 1. The van der Waals surface area contributed by atoms with Crippen LogP contribution in [0.15, 0.2) is 42.5 Å². The molecule has 0 radical (unpaired) electrons. The van der Waals surface area contributed by atoms with Gasteiger partial charge in [-0.25, -0.2) is 0 Å². The van der Waals surface area contributed by atoms with E-state index in [9.17, 15) is 0 Å². The van der Waals surface area contributed by atoms with E-state index in [2.05, 4.69) is 49.2 Å². The fourth-order valence-corrected chi connectivity index (χ4v) is 2.98. The Balaban J connectivity index is 2.23. The molecule has 2 aromatic carbocycles. The highest BCUT2D eigenvalue weighted by molar-refractivity contribution is 5.91.